The van der Waals surface area contributed by atoms with E-state index in [9.17, 15) is 0 Å². The average Bonchev–Trinajstić information content (AvgIpc) is 1.25. The van der Waals surface area contributed by atoms with Gasteiger partial charge in [-0.05, 0) is 0 Å². The quantitative estimate of drug-likeness (QED) is 0.342. The van der Waals surface area contributed by atoms with Crippen LogP contribution in [0.4, 0.5) is 9.59 Å². The third-order valence-corrected chi connectivity index (χ3v) is 0. The summed E-state index contributed by atoms with van der Waals surface area (Å²) in [6.07, 6.45) is -3.67. The van der Waals surface area contributed by atoms with Gasteiger partial charge in [-0.15, -0.1) is 0 Å². The molecule has 0 heterocycles. The van der Waals surface area contributed by atoms with Crippen LogP contribution in [0.3, 0.4) is 0 Å². The van der Waals surface area contributed by atoms with Gasteiger partial charge in [0.25, 0.3) is 0 Å². The van der Waals surface area contributed by atoms with Crippen molar-refractivity contribution >= 4 is 50.0 Å². The first-order chi connectivity index (χ1) is 3.46. The minimum absolute atomic E-state index is 0. The summed E-state index contributed by atoms with van der Waals surface area (Å²) < 4.78 is 0. The zero-order valence-electron chi connectivity index (χ0n) is 7.02. The molecule has 8 heteroatoms. The second-order valence-electron chi connectivity index (χ2n) is 0.565. The van der Waals surface area contributed by atoms with E-state index in [4.69, 9.17) is 30.0 Å². The van der Waals surface area contributed by atoms with Crippen LogP contribution in [0.5, 0.6) is 0 Å². The van der Waals surface area contributed by atoms with Gasteiger partial charge in [-0.3, -0.25) is 0 Å². The molecule has 0 saturated carbocycles. The number of carbonyl (C=O) groups is 2. The summed E-state index contributed by atoms with van der Waals surface area (Å²) in [7, 11) is 0. The zero-order chi connectivity index (χ0) is 7.15. The van der Waals surface area contributed by atoms with Crippen LogP contribution >= 0.6 is 0 Å². The first kappa shape index (κ1) is 22.6. The first-order valence-corrected chi connectivity index (χ1v) is 1.30. The molecule has 0 aliphatic carbocycles. The van der Waals surface area contributed by atoms with Crippen LogP contribution in [0.2, 0.25) is 0 Å². The largest absolute Gasteiger partial charge is 2.00 e. The summed E-state index contributed by atoms with van der Waals surface area (Å²) in [6.45, 7) is 0. The van der Waals surface area contributed by atoms with E-state index >= 15 is 0 Å². The van der Waals surface area contributed by atoms with E-state index in [0.29, 0.717) is 0 Å². The van der Waals surface area contributed by atoms with Crippen molar-refractivity contribution in [2.45, 2.75) is 0 Å². The Morgan fingerprint density at radius 2 is 0.900 bits per heavy atom. The van der Waals surface area contributed by atoms with E-state index in [1.54, 1.807) is 0 Å². The molecule has 0 atom stereocenters. The fourth-order valence-corrected chi connectivity index (χ4v) is 0. The number of carboxylic acid groups (broad SMARTS) is 4. The van der Waals surface area contributed by atoms with E-state index in [1.807, 2.05) is 0 Å². The van der Waals surface area contributed by atoms with Crippen molar-refractivity contribution in [3.8, 4) is 0 Å². The molecule has 0 aromatic carbocycles. The molecule has 7 N–H and O–H groups in total. The molecule has 0 aromatic rings. The monoisotopic (exact) mass is 183 g/mol. The Labute approximate surface area is 88.8 Å². The van der Waals surface area contributed by atoms with Crippen molar-refractivity contribution in [2.75, 3.05) is 0 Å². The van der Waals surface area contributed by atoms with Crippen molar-refractivity contribution in [1.82, 2.24) is 6.15 Å². The second-order valence-corrected chi connectivity index (χ2v) is 0.565. The molecule has 0 fully saturated rings. The summed E-state index contributed by atoms with van der Waals surface area (Å²) in [5.74, 6) is 0. The van der Waals surface area contributed by atoms with Gasteiger partial charge >= 0.3 is 50.0 Å². The topological polar surface area (TPSA) is 150 Å². The Balaban J connectivity index is -0.0000000112. The van der Waals surface area contributed by atoms with Gasteiger partial charge < -0.3 is 29.4 Å². The molecule has 0 rings (SSSR count). The van der Waals surface area contributed by atoms with Crippen LogP contribution in [-0.4, -0.2) is 70.5 Å². The number of hydrogen-bond acceptors (Lipinski definition) is 3. The van der Waals surface area contributed by atoms with Crippen LogP contribution < -0.4 is 6.15 Å². The molecular formula is C2H9CaNO6. The molecule has 0 amide bonds. The smallest absolute Gasteiger partial charge is 1.00 e. The van der Waals surface area contributed by atoms with E-state index in [0.717, 1.165) is 0 Å². The molecule has 0 saturated heterocycles. The van der Waals surface area contributed by atoms with Crippen LogP contribution in [0.25, 0.3) is 0 Å². The van der Waals surface area contributed by atoms with Crippen LogP contribution in [0.1, 0.15) is 2.85 Å². The molecule has 0 radical (unpaired) electrons. The predicted molar refractivity (Wildman–Crippen MR) is 34.3 cm³/mol. The van der Waals surface area contributed by atoms with E-state index in [-0.39, 0.29) is 46.7 Å². The number of hydrogen-bond donors (Lipinski definition) is 5. The third kappa shape index (κ3) is 6140. The van der Waals surface area contributed by atoms with E-state index < -0.39 is 12.3 Å². The van der Waals surface area contributed by atoms with Gasteiger partial charge in [-0.1, -0.05) is 0 Å². The van der Waals surface area contributed by atoms with Gasteiger partial charge in [-0.25, -0.2) is 9.59 Å². The van der Waals surface area contributed by atoms with Crippen molar-refractivity contribution < 1.29 is 32.9 Å². The Kier molecular flexibility index (Phi) is 35.9. The fourth-order valence-electron chi connectivity index (χ4n) is 0. The SMILES string of the molecule is N.O=C(O)O.O=C(O)O.[Ca+2].[H-].[H-]. The number of rotatable bonds is 0. The third-order valence-electron chi connectivity index (χ3n) is 0. The Morgan fingerprint density at radius 3 is 0.900 bits per heavy atom. The second kappa shape index (κ2) is 15.9. The minimum Gasteiger partial charge on any atom is -1.00 e. The predicted octanol–water partition coefficient (Wildman–Crippen LogP) is 0.451. The van der Waals surface area contributed by atoms with Crippen molar-refractivity contribution in [1.29, 1.82) is 0 Å². The van der Waals surface area contributed by atoms with Gasteiger partial charge in [0.15, 0.2) is 0 Å². The molecule has 10 heavy (non-hydrogen) atoms. The molecule has 7 nitrogen and oxygen atoms in total. The maximum atomic E-state index is 8.56. The van der Waals surface area contributed by atoms with Gasteiger partial charge in [-0.2, -0.15) is 0 Å². The summed E-state index contributed by atoms with van der Waals surface area (Å²) in [6, 6.07) is 0. The summed E-state index contributed by atoms with van der Waals surface area (Å²) >= 11 is 0. The maximum absolute atomic E-state index is 8.56. The molecule has 0 bridgehead atoms. The minimum atomic E-state index is -1.83. The molecule has 0 aromatic heterocycles. The van der Waals surface area contributed by atoms with Crippen molar-refractivity contribution in [3.63, 3.8) is 0 Å². The van der Waals surface area contributed by atoms with Gasteiger partial charge in [0, 0.05) is 0 Å². The summed E-state index contributed by atoms with van der Waals surface area (Å²) in [5, 5.41) is 27.9. The fraction of sp³-hybridized carbons (Fsp3) is 0. The Hall–Kier alpha value is -0.240. The van der Waals surface area contributed by atoms with Crippen LogP contribution in [0, 0.1) is 0 Å². The first-order valence-electron chi connectivity index (χ1n) is 1.30. The normalized spacial score (nSPS) is 4.80. The molecular weight excluding hydrogens is 174 g/mol. The molecule has 0 unspecified atom stereocenters. The van der Waals surface area contributed by atoms with Gasteiger partial charge in [0.2, 0.25) is 0 Å². The van der Waals surface area contributed by atoms with Crippen molar-refractivity contribution in [3.05, 3.63) is 0 Å². The average molecular weight is 183 g/mol. The van der Waals surface area contributed by atoms with E-state index in [1.165, 1.54) is 0 Å². The standard InChI is InChI=1S/2CH2O3.Ca.H3N.2H/c2*2-1(3)4;;;;/h2*(H2,2,3,4);;1H3;;/q;;+2;;2*-1. The van der Waals surface area contributed by atoms with Crippen LogP contribution in [-0.2, 0) is 0 Å². The Morgan fingerprint density at radius 1 is 0.900 bits per heavy atom. The molecule has 0 aliphatic heterocycles. The van der Waals surface area contributed by atoms with Gasteiger partial charge in [0.05, 0.1) is 0 Å². The molecule has 0 spiro atoms. The molecule has 0 aliphatic rings. The van der Waals surface area contributed by atoms with Crippen molar-refractivity contribution in [2.24, 2.45) is 0 Å². The summed E-state index contributed by atoms with van der Waals surface area (Å²) in [5.41, 5.74) is 0. The van der Waals surface area contributed by atoms with Crippen LogP contribution in [0.15, 0.2) is 0 Å². The zero-order valence-corrected chi connectivity index (χ0v) is 7.23. The maximum Gasteiger partial charge on any atom is 2.00 e. The summed E-state index contributed by atoms with van der Waals surface area (Å²) in [4.78, 5) is 17.1. The molecule has 60 valence electrons. The Bertz CT molecular complexity index is 81.5. The van der Waals surface area contributed by atoms with Gasteiger partial charge in [0.1, 0.15) is 0 Å². The van der Waals surface area contributed by atoms with E-state index in [2.05, 4.69) is 0 Å².